The van der Waals surface area contributed by atoms with Gasteiger partial charge in [0.05, 0.1) is 4.88 Å². The minimum Gasteiger partial charge on any atom is -0.480 e. The fourth-order valence-electron chi connectivity index (χ4n) is 2.71. The highest BCUT2D eigenvalue weighted by Gasteiger charge is 2.24. The van der Waals surface area contributed by atoms with Crippen LogP contribution in [0.4, 0.5) is 0 Å². The van der Waals surface area contributed by atoms with Crippen LogP contribution in [0.1, 0.15) is 59.6 Å². The van der Waals surface area contributed by atoms with Crippen LogP contribution in [0.25, 0.3) is 0 Å². The second-order valence-electron chi connectivity index (χ2n) is 5.91. The molecule has 0 spiro atoms. The van der Waals surface area contributed by atoms with Crippen LogP contribution >= 0.6 is 11.3 Å². The number of hydrogen-bond donors (Lipinski definition) is 2. The smallest absolute Gasteiger partial charge is 0.326 e. The Kier molecular flexibility index (Phi) is 5.39. The predicted molar refractivity (Wildman–Crippen MR) is 83.9 cm³/mol. The minimum atomic E-state index is -0.952. The Hall–Kier alpha value is -1.36. The van der Waals surface area contributed by atoms with Crippen molar-refractivity contribution in [1.29, 1.82) is 0 Å². The van der Waals surface area contributed by atoms with Gasteiger partial charge in [-0.05, 0) is 43.2 Å². The average Bonchev–Trinajstić information content (AvgIpc) is 2.85. The number of carbonyl (C=O) groups is 2. The zero-order valence-electron chi connectivity index (χ0n) is 12.6. The summed E-state index contributed by atoms with van der Waals surface area (Å²) >= 11 is 1.52. The molecular weight excluding hydrogens is 286 g/mol. The average molecular weight is 309 g/mol. The first-order valence-electron chi connectivity index (χ1n) is 7.66. The molecular formula is C16H23NO3S. The molecule has 0 aliphatic heterocycles. The summed E-state index contributed by atoms with van der Waals surface area (Å²) in [5.41, 5.74) is 1.27. The molecule has 4 nitrogen and oxygen atoms in total. The van der Waals surface area contributed by atoms with E-state index in [0.717, 1.165) is 25.7 Å². The van der Waals surface area contributed by atoms with Crippen molar-refractivity contribution in [1.82, 2.24) is 5.32 Å². The molecule has 0 fully saturated rings. The Morgan fingerprint density at radius 2 is 2.29 bits per heavy atom. The number of amides is 1. The Bertz CT molecular complexity index is 524. The van der Waals surface area contributed by atoms with Gasteiger partial charge >= 0.3 is 5.97 Å². The quantitative estimate of drug-likeness (QED) is 0.847. The van der Waals surface area contributed by atoms with E-state index in [0.29, 0.717) is 17.2 Å². The van der Waals surface area contributed by atoms with Crippen LogP contribution in [0.3, 0.4) is 0 Å². The van der Waals surface area contributed by atoms with Crippen molar-refractivity contribution < 1.29 is 14.7 Å². The van der Waals surface area contributed by atoms with Crippen molar-refractivity contribution in [3.8, 4) is 0 Å². The number of fused-ring (bicyclic) bond motifs is 1. The van der Waals surface area contributed by atoms with Crippen molar-refractivity contribution in [2.45, 2.75) is 58.4 Å². The highest BCUT2D eigenvalue weighted by molar-refractivity contribution is 7.14. The first-order chi connectivity index (χ1) is 10.0. The Morgan fingerprint density at radius 1 is 1.52 bits per heavy atom. The molecule has 2 rings (SSSR count). The lowest BCUT2D eigenvalue weighted by Gasteiger charge is -2.16. The van der Waals surface area contributed by atoms with Gasteiger partial charge in [-0.1, -0.05) is 26.7 Å². The fourth-order valence-corrected chi connectivity index (χ4v) is 3.82. The lowest BCUT2D eigenvalue weighted by Crippen LogP contribution is -2.40. The molecule has 0 saturated heterocycles. The molecule has 116 valence electrons. The Morgan fingerprint density at radius 3 is 2.95 bits per heavy atom. The number of rotatable bonds is 6. The van der Waals surface area contributed by atoms with Crippen LogP contribution in [-0.2, 0) is 17.6 Å². The molecule has 1 aromatic rings. The second-order valence-corrected chi connectivity index (χ2v) is 7.05. The third-order valence-electron chi connectivity index (χ3n) is 4.00. The number of unbranched alkanes of at least 4 members (excludes halogenated alkanes) is 1. The molecule has 0 saturated carbocycles. The number of carbonyl (C=O) groups excluding carboxylic acids is 1. The normalized spacial score (nSPS) is 18.9. The summed E-state index contributed by atoms with van der Waals surface area (Å²) in [6, 6.07) is 1.17. The molecule has 2 atom stereocenters. The van der Waals surface area contributed by atoms with Gasteiger partial charge in [-0.2, -0.15) is 0 Å². The van der Waals surface area contributed by atoms with Crippen LogP contribution in [0.15, 0.2) is 6.07 Å². The molecule has 0 radical (unpaired) electrons. The van der Waals surface area contributed by atoms with E-state index < -0.39 is 12.0 Å². The molecule has 1 aliphatic carbocycles. The summed E-state index contributed by atoms with van der Waals surface area (Å²) in [7, 11) is 0. The van der Waals surface area contributed by atoms with Crippen molar-refractivity contribution in [3.63, 3.8) is 0 Å². The van der Waals surface area contributed by atoms with Gasteiger partial charge in [0.15, 0.2) is 0 Å². The summed E-state index contributed by atoms with van der Waals surface area (Å²) in [4.78, 5) is 25.4. The van der Waals surface area contributed by atoms with E-state index in [1.165, 1.54) is 28.2 Å². The highest BCUT2D eigenvalue weighted by atomic mass is 32.1. The third kappa shape index (κ3) is 4.06. The van der Waals surface area contributed by atoms with E-state index in [2.05, 4.69) is 12.2 Å². The molecule has 1 aliphatic rings. The maximum atomic E-state index is 12.3. The standard InChI is InChI=1S/C16H23NO3S/c1-3-4-5-12(16(19)20)17-15(18)14-9-11-8-10(2)6-7-13(11)21-14/h9-10,12H,3-8H2,1-2H3,(H,17,18)(H,19,20). The maximum absolute atomic E-state index is 12.3. The summed E-state index contributed by atoms with van der Waals surface area (Å²) in [5.74, 6) is -0.531. The van der Waals surface area contributed by atoms with E-state index in [1.807, 2.05) is 13.0 Å². The monoisotopic (exact) mass is 309 g/mol. The van der Waals surface area contributed by atoms with Crippen molar-refractivity contribution in [3.05, 3.63) is 21.4 Å². The zero-order chi connectivity index (χ0) is 15.4. The molecule has 1 heterocycles. The van der Waals surface area contributed by atoms with Crippen LogP contribution < -0.4 is 5.32 Å². The number of nitrogens with one attached hydrogen (secondary N) is 1. The van der Waals surface area contributed by atoms with Crippen molar-refractivity contribution >= 4 is 23.2 Å². The number of thiophene rings is 1. The van der Waals surface area contributed by atoms with E-state index in [9.17, 15) is 14.7 Å². The largest absolute Gasteiger partial charge is 0.480 e. The molecule has 0 aromatic carbocycles. The van der Waals surface area contributed by atoms with Crippen LogP contribution in [0.5, 0.6) is 0 Å². The molecule has 5 heteroatoms. The lowest BCUT2D eigenvalue weighted by atomic mass is 9.90. The van der Waals surface area contributed by atoms with Gasteiger partial charge in [0.25, 0.3) is 5.91 Å². The van der Waals surface area contributed by atoms with E-state index in [-0.39, 0.29) is 5.91 Å². The van der Waals surface area contributed by atoms with E-state index in [1.54, 1.807) is 0 Å². The number of aryl methyl sites for hydroxylation is 1. The molecule has 0 bridgehead atoms. The molecule has 2 N–H and O–H groups in total. The van der Waals surface area contributed by atoms with Gasteiger partial charge in [0.2, 0.25) is 0 Å². The Labute approximate surface area is 129 Å². The number of carboxylic acid groups (broad SMARTS) is 1. The first-order valence-corrected chi connectivity index (χ1v) is 8.48. The summed E-state index contributed by atoms with van der Waals surface area (Å²) in [5, 5.41) is 11.8. The Balaban J connectivity index is 2.04. The maximum Gasteiger partial charge on any atom is 0.326 e. The van der Waals surface area contributed by atoms with Gasteiger partial charge in [-0.15, -0.1) is 11.3 Å². The van der Waals surface area contributed by atoms with Crippen LogP contribution in [-0.4, -0.2) is 23.0 Å². The molecule has 1 amide bonds. The van der Waals surface area contributed by atoms with Gasteiger partial charge in [0, 0.05) is 4.88 Å². The number of aliphatic carboxylic acids is 1. The lowest BCUT2D eigenvalue weighted by molar-refractivity contribution is -0.139. The van der Waals surface area contributed by atoms with Crippen LogP contribution in [0, 0.1) is 5.92 Å². The summed E-state index contributed by atoms with van der Waals surface area (Å²) in [6.45, 7) is 4.24. The molecule has 21 heavy (non-hydrogen) atoms. The molecule has 2 unspecified atom stereocenters. The predicted octanol–water partition coefficient (Wildman–Crippen LogP) is 3.25. The topological polar surface area (TPSA) is 66.4 Å². The number of hydrogen-bond acceptors (Lipinski definition) is 3. The fraction of sp³-hybridized carbons (Fsp3) is 0.625. The van der Waals surface area contributed by atoms with E-state index >= 15 is 0 Å². The highest BCUT2D eigenvalue weighted by Crippen LogP contribution is 2.32. The van der Waals surface area contributed by atoms with Crippen LogP contribution in [0.2, 0.25) is 0 Å². The van der Waals surface area contributed by atoms with Gasteiger partial charge in [-0.3, -0.25) is 4.79 Å². The first kappa shape index (κ1) is 16.0. The van der Waals surface area contributed by atoms with Gasteiger partial charge < -0.3 is 10.4 Å². The third-order valence-corrected chi connectivity index (χ3v) is 5.24. The second kappa shape index (κ2) is 7.07. The zero-order valence-corrected chi connectivity index (χ0v) is 13.5. The van der Waals surface area contributed by atoms with Gasteiger partial charge in [-0.25, -0.2) is 4.79 Å². The van der Waals surface area contributed by atoms with Gasteiger partial charge in [0.1, 0.15) is 6.04 Å². The molecule has 1 aromatic heterocycles. The SMILES string of the molecule is CCCCC(NC(=O)c1cc2c(s1)CCC(C)C2)C(=O)O. The van der Waals surface area contributed by atoms with E-state index in [4.69, 9.17) is 0 Å². The number of carboxylic acids is 1. The van der Waals surface area contributed by atoms with Crippen molar-refractivity contribution in [2.24, 2.45) is 5.92 Å². The summed E-state index contributed by atoms with van der Waals surface area (Å²) in [6.07, 6.45) is 5.44. The van der Waals surface area contributed by atoms with Crippen molar-refractivity contribution in [2.75, 3.05) is 0 Å². The minimum absolute atomic E-state index is 0.245. The summed E-state index contributed by atoms with van der Waals surface area (Å²) < 4.78 is 0.